The first-order valence-electron chi connectivity index (χ1n) is 6.03. The van der Waals surface area contributed by atoms with Crippen LogP contribution in [0.15, 0.2) is 18.2 Å². The summed E-state index contributed by atoms with van der Waals surface area (Å²) < 4.78 is 4.98. The van der Waals surface area contributed by atoms with Gasteiger partial charge in [-0.1, -0.05) is 0 Å². The zero-order valence-corrected chi connectivity index (χ0v) is 11.9. The monoisotopic (exact) mass is 296 g/mol. The van der Waals surface area contributed by atoms with Crippen molar-refractivity contribution in [2.75, 3.05) is 12.4 Å². The van der Waals surface area contributed by atoms with Crippen molar-refractivity contribution in [1.29, 1.82) is 0 Å². The summed E-state index contributed by atoms with van der Waals surface area (Å²) in [7, 11) is 1.32. The summed E-state index contributed by atoms with van der Waals surface area (Å²) in [4.78, 5) is 32.9. The lowest BCUT2D eigenvalue weighted by Crippen LogP contribution is -2.29. The zero-order chi connectivity index (χ0) is 16.2. The van der Waals surface area contributed by atoms with Crippen LogP contribution in [0, 0.1) is 15.5 Å². The van der Waals surface area contributed by atoms with Crippen molar-refractivity contribution in [2.45, 2.75) is 20.3 Å². The third-order valence-corrected chi connectivity index (χ3v) is 2.85. The van der Waals surface area contributed by atoms with Crippen LogP contribution in [0.2, 0.25) is 0 Å². The van der Waals surface area contributed by atoms with Crippen molar-refractivity contribution in [3.63, 3.8) is 0 Å². The van der Waals surface area contributed by atoms with Gasteiger partial charge in [-0.25, -0.2) is 0 Å². The van der Waals surface area contributed by atoms with Crippen LogP contribution in [-0.4, -0.2) is 29.0 Å². The summed E-state index contributed by atoms with van der Waals surface area (Å²) in [5.41, 5.74) is -1.14. The number of nitro groups is 1. The summed E-state index contributed by atoms with van der Waals surface area (Å²) in [6.07, 6.45) is -0.234. The fourth-order valence-electron chi connectivity index (χ4n) is 1.57. The molecule has 0 radical (unpaired) electrons. The van der Waals surface area contributed by atoms with Gasteiger partial charge in [0.1, 0.15) is 5.75 Å². The van der Waals surface area contributed by atoms with Crippen LogP contribution < -0.4 is 10.1 Å². The van der Waals surface area contributed by atoms with Gasteiger partial charge in [-0.3, -0.25) is 19.7 Å². The second-order valence-electron chi connectivity index (χ2n) is 5.06. The number of benzene rings is 1. The Labute approximate surface area is 120 Å². The number of amides is 1. The van der Waals surface area contributed by atoms with E-state index in [4.69, 9.17) is 9.84 Å². The van der Waals surface area contributed by atoms with Gasteiger partial charge in [0.25, 0.3) is 5.69 Å². The number of hydrogen-bond acceptors (Lipinski definition) is 5. The summed E-state index contributed by atoms with van der Waals surface area (Å²) >= 11 is 0. The standard InChI is InChI=1S/C13H16N2O6/c1-13(2,12(17)18)7-11(16)14-9-5-4-8(15(19)20)6-10(9)21-3/h4-6H,7H2,1-3H3,(H,14,16)(H,17,18). The quantitative estimate of drug-likeness (QED) is 0.612. The topological polar surface area (TPSA) is 119 Å². The number of carbonyl (C=O) groups is 2. The highest BCUT2D eigenvalue weighted by Gasteiger charge is 2.30. The Balaban J connectivity index is 2.90. The third-order valence-electron chi connectivity index (χ3n) is 2.85. The fourth-order valence-corrected chi connectivity index (χ4v) is 1.57. The number of ether oxygens (including phenoxy) is 1. The van der Waals surface area contributed by atoms with Gasteiger partial charge in [-0.05, 0) is 19.9 Å². The fraction of sp³-hybridized carbons (Fsp3) is 0.385. The molecule has 1 rings (SSSR count). The molecule has 114 valence electrons. The minimum atomic E-state index is -1.21. The summed E-state index contributed by atoms with van der Waals surface area (Å²) in [6, 6.07) is 3.74. The minimum absolute atomic E-state index is 0.130. The Morgan fingerprint density at radius 2 is 2.05 bits per heavy atom. The van der Waals surface area contributed by atoms with Crippen molar-refractivity contribution >= 4 is 23.3 Å². The lowest BCUT2D eigenvalue weighted by molar-refractivity contribution is -0.384. The molecule has 0 bridgehead atoms. The largest absolute Gasteiger partial charge is 0.494 e. The first-order chi connectivity index (χ1) is 9.67. The third kappa shape index (κ3) is 4.16. The average Bonchev–Trinajstić information content (AvgIpc) is 2.37. The molecule has 21 heavy (non-hydrogen) atoms. The van der Waals surface area contributed by atoms with Crippen LogP contribution in [0.5, 0.6) is 5.75 Å². The van der Waals surface area contributed by atoms with Crippen LogP contribution in [0.1, 0.15) is 20.3 Å². The predicted molar refractivity (Wildman–Crippen MR) is 74.3 cm³/mol. The molecule has 0 atom stereocenters. The number of nitrogens with one attached hydrogen (secondary N) is 1. The smallest absolute Gasteiger partial charge is 0.309 e. The SMILES string of the molecule is COc1cc([N+](=O)[O-])ccc1NC(=O)CC(C)(C)C(=O)O. The van der Waals surface area contributed by atoms with E-state index in [2.05, 4.69) is 5.32 Å². The van der Waals surface area contributed by atoms with E-state index in [1.54, 1.807) is 0 Å². The Bertz CT molecular complexity index is 582. The van der Waals surface area contributed by atoms with E-state index in [0.29, 0.717) is 0 Å². The van der Waals surface area contributed by atoms with Crippen LogP contribution >= 0.6 is 0 Å². The molecular formula is C13H16N2O6. The molecule has 1 amide bonds. The molecule has 0 aliphatic heterocycles. The molecule has 8 heteroatoms. The maximum Gasteiger partial charge on any atom is 0.309 e. The summed E-state index contributed by atoms with van der Waals surface area (Å²) in [5, 5.41) is 22.1. The van der Waals surface area contributed by atoms with E-state index in [9.17, 15) is 19.7 Å². The molecule has 0 saturated heterocycles. The van der Waals surface area contributed by atoms with E-state index in [-0.39, 0.29) is 23.5 Å². The molecule has 0 aromatic heterocycles. The van der Waals surface area contributed by atoms with Gasteiger partial charge in [0, 0.05) is 12.5 Å². The predicted octanol–water partition coefficient (Wildman–Crippen LogP) is 2.04. The zero-order valence-electron chi connectivity index (χ0n) is 11.9. The first-order valence-corrected chi connectivity index (χ1v) is 6.03. The van der Waals surface area contributed by atoms with Gasteiger partial charge in [0.2, 0.25) is 5.91 Å². The Hall–Kier alpha value is -2.64. The van der Waals surface area contributed by atoms with Crippen molar-refractivity contribution in [1.82, 2.24) is 0 Å². The Morgan fingerprint density at radius 1 is 1.43 bits per heavy atom. The molecule has 8 nitrogen and oxygen atoms in total. The minimum Gasteiger partial charge on any atom is -0.494 e. The second-order valence-corrected chi connectivity index (χ2v) is 5.06. The van der Waals surface area contributed by atoms with Crippen molar-refractivity contribution < 1.29 is 24.4 Å². The highest BCUT2D eigenvalue weighted by atomic mass is 16.6. The molecule has 0 aliphatic rings. The average molecular weight is 296 g/mol. The molecule has 0 saturated carbocycles. The normalized spacial score (nSPS) is 10.8. The number of nitrogens with zero attached hydrogens (tertiary/aromatic N) is 1. The van der Waals surface area contributed by atoms with E-state index < -0.39 is 22.2 Å². The van der Waals surface area contributed by atoms with Crippen molar-refractivity contribution in [3.05, 3.63) is 28.3 Å². The number of aliphatic carboxylic acids is 1. The highest BCUT2D eigenvalue weighted by molar-refractivity contribution is 5.95. The summed E-state index contributed by atoms with van der Waals surface area (Å²) in [6.45, 7) is 2.87. The van der Waals surface area contributed by atoms with Gasteiger partial charge in [-0.15, -0.1) is 0 Å². The van der Waals surface area contributed by atoms with Crippen molar-refractivity contribution in [3.8, 4) is 5.75 Å². The first kappa shape index (κ1) is 16.4. The van der Waals surface area contributed by atoms with Crippen LogP contribution in [-0.2, 0) is 9.59 Å². The van der Waals surface area contributed by atoms with E-state index in [1.807, 2.05) is 0 Å². The number of methoxy groups -OCH3 is 1. The molecule has 1 aromatic carbocycles. The number of rotatable bonds is 6. The summed E-state index contributed by atoms with van der Waals surface area (Å²) in [5.74, 6) is -1.48. The molecule has 0 unspecified atom stereocenters. The van der Waals surface area contributed by atoms with E-state index in [0.717, 1.165) is 0 Å². The maximum atomic E-state index is 11.9. The Kier molecular flexibility index (Phi) is 4.85. The lowest BCUT2D eigenvalue weighted by Gasteiger charge is -2.18. The molecule has 0 heterocycles. The lowest BCUT2D eigenvalue weighted by atomic mass is 9.89. The van der Waals surface area contributed by atoms with Crippen LogP contribution in [0.25, 0.3) is 0 Å². The number of non-ortho nitro benzene ring substituents is 1. The molecule has 0 fully saturated rings. The molecule has 1 aromatic rings. The molecular weight excluding hydrogens is 280 g/mol. The number of nitro benzene ring substituents is 1. The van der Waals surface area contributed by atoms with Gasteiger partial charge in [-0.2, -0.15) is 0 Å². The highest BCUT2D eigenvalue weighted by Crippen LogP contribution is 2.30. The number of anilines is 1. The van der Waals surface area contributed by atoms with Gasteiger partial charge >= 0.3 is 5.97 Å². The number of carboxylic acid groups (broad SMARTS) is 1. The van der Waals surface area contributed by atoms with Gasteiger partial charge in [0.15, 0.2) is 0 Å². The van der Waals surface area contributed by atoms with Gasteiger partial charge < -0.3 is 15.2 Å². The molecule has 2 N–H and O–H groups in total. The van der Waals surface area contributed by atoms with Crippen LogP contribution in [0.3, 0.4) is 0 Å². The number of carboxylic acids is 1. The Morgan fingerprint density at radius 3 is 2.52 bits per heavy atom. The van der Waals surface area contributed by atoms with E-state index >= 15 is 0 Å². The van der Waals surface area contributed by atoms with E-state index in [1.165, 1.54) is 39.2 Å². The molecule has 0 aliphatic carbocycles. The number of hydrogen-bond donors (Lipinski definition) is 2. The van der Waals surface area contributed by atoms with Crippen LogP contribution in [0.4, 0.5) is 11.4 Å². The molecule has 0 spiro atoms. The second kappa shape index (κ2) is 6.21. The van der Waals surface area contributed by atoms with Gasteiger partial charge in [0.05, 0.1) is 29.2 Å². The number of carbonyl (C=O) groups excluding carboxylic acids is 1. The van der Waals surface area contributed by atoms with Crippen molar-refractivity contribution in [2.24, 2.45) is 5.41 Å². The maximum absolute atomic E-state index is 11.9.